The number of carbonyl (C=O) groups excluding carboxylic acids is 1. The van der Waals surface area contributed by atoms with E-state index < -0.39 is 10.0 Å². The van der Waals surface area contributed by atoms with Crippen LogP contribution < -0.4 is 16.4 Å². The van der Waals surface area contributed by atoms with Crippen molar-refractivity contribution in [3.63, 3.8) is 0 Å². The van der Waals surface area contributed by atoms with E-state index in [1.807, 2.05) is 32.0 Å². The third-order valence-corrected chi connectivity index (χ3v) is 6.10. The van der Waals surface area contributed by atoms with Gasteiger partial charge in [0.2, 0.25) is 10.0 Å². The molecule has 2 heterocycles. The van der Waals surface area contributed by atoms with Crippen molar-refractivity contribution < 1.29 is 13.2 Å². The smallest absolute Gasteiger partial charge is 0.255 e. The molecule has 0 spiro atoms. The van der Waals surface area contributed by atoms with Gasteiger partial charge in [-0.3, -0.25) is 9.78 Å². The summed E-state index contributed by atoms with van der Waals surface area (Å²) in [5.74, 6) is -0.322. The summed E-state index contributed by atoms with van der Waals surface area (Å²) in [6.07, 6.45) is 5.20. The Kier molecular flexibility index (Phi) is 6.09. The zero-order valence-electron chi connectivity index (χ0n) is 17.1. The SMILES string of the molecule is CC(C)Nc1c(C(=O)NC2CN(S(C)(=O)=O)C2)cnc2ccc(/C(C=N)=C/N)cc12. The first-order valence-corrected chi connectivity index (χ1v) is 11.4. The molecule has 1 aromatic carbocycles. The van der Waals surface area contributed by atoms with E-state index >= 15 is 0 Å². The van der Waals surface area contributed by atoms with Gasteiger partial charge in [0, 0.05) is 48.7 Å². The standard InChI is InChI=1S/C20H26N6O3S/c1-12(2)24-19-16-6-13(14(7-21)8-22)4-5-18(16)23-9-17(19)20(27)25-15-10-26(11-15)30(3,28)29/h4-9,12,15,21H,10-11,22H2,1-3H3,(H,23,24)(H,25,27)/b14-8+,21-7?. The van der Waals surface area contributed by atoms with Crippen LogP contribution in [0.1, 0.15) is 29.8 Å². The van der Waals surface area contributed by atoms with Gasteiger partial charge < -0.3 is 21.8 Å². The minimum absolute atomic E-state index is 0.0579. The topological polar surface area (TPSA) is 141 Å². The second kappa shape index (κ2) is 8.41. The summed E-state index contributed by atoms with van der Waals surface area (Å²) in [6.45, 7) is 4.45. The number of benzene rings is 1. The molecule has 9 nitrogen and oxygen atoms in total. The molecule has 0 bridgehead atoms. The average Bonchev–Trinajstić information content (AvgIpc) is 2.64. The Labute approximate surface area is 175 Å². The first-order valence-electron chi connectivity index (χ1n) is 9.52. The van der Waals surface area contributed by atoms with Crippen LogP contribution in [-0.4, -0.2) is 61.3 Å². The normalized spacial score (nSPS) is 15.8. The number of nitrogens with two attached hydrogens (primary N) is 1. The molecule has 0 unspecified atom stereocenters. The van der Waals surface area contributed by atoms with Crippen LogP contribution in [0.5, 0.6) is 0 Å². The average molecular weight is 431 g/mol. The lowest BCUT2D eigenvalue weighted by molar-refractivity contribution is 0.0896. The fourth-order valence-corrected chi connectivity index (χ4v) is 4.18. The summed E-state index contributed by atoms with van der Waals surface area (Å²) >= 11 is 0. The lowest BCUT2D eigenvalue weighted by Gasteiger charge is -2.37. The van der Waals surface area contributed by atoms with Crippen LogP contribution >= 0.6 is 0 Å². The van der Waals surface area contributed by atoms with Gasteiger partial charge in [0.15, 0.2) is 0 Å². The number of nitrogens with zero attached hydrogens (tertiary/aromatic N) is 2. The fraction of sp³-hybridized carbons (Fsp3) is 0.350. The highest BCUT2D eigenvalue weighted by Crippen LogP contribution is 2.29. The zero-order chi connectivity index (χ0) is 22.1. The van der Waals surface area contributed by atoms with Gasteiger partial charge in [-0.05, 0) is 31.5 Å². The summed E-state index contributed by atoms with van der Waals surface area (Å²) in [4.78, 5) is 17.4. The number of allylic oxidation sites excluding steroid dienone is 1. The minimum Gasteiger partial charge on any atom is -0.404 e. The van der Waals surface area contributed by atoms with Crippen LogP contribution in [0.15, 0.2) is 30.6 Å². The molecule has 30 heavy (non-hydrogen) atoms. The van der Waals surface area contributed by atoms with Crippen molar-refractivity contribution in [2.75, 3.05) is 24.7 Å². The van der Waals surface area contributed by atoms with E-state index in [1.165, 1.54) is 22.9 Å². The third-order valence-electron chi connectivity index (χ3n) is 4.87. The number of fused-ring (bicyclic) bond motifs is 1. The molecule has 3 rings (SSSR count). The minimum atomic E-state index is -3.25. The molecule has 1 saturated heterocycles. The van der Waals surface area contributed by atoms with Gasteiger partial charge in [0.25, 0.3) is 5.91 Å². The highest BCUT2D eigenvalue weighted by molar-refractivity contribution is 7.88. The number of carbonyl (C=O) groups is 1. The molecule has 0 saturated carbocycles. The van der Waals surface area contributed by atoms with Crippen molar-refractivity contribution in [2.45, 2.75) is 25.9 Å². The first-order chi connectivity index (χ1) is 14.1. The Morgan fingerprint density at radius 2 is 2.07 bits per heavy atom. The summed E-state index contributed by atoms with van der Waals surface area (Å²) in [7, 11) is -3.25. The molecule has 1 amide bonds. The lowest BCUT2D eigenvalue weighted by Crippen LogP contribution is -2.60. The van der Waals surface area contributed by atoms with Gasteiger partial charge in [-0.2, -0.15) is 4.31 Å². The maximum atomic E-state index is 13.0. The molecule has 0 aliphatic carbocycles. The maximum Gasteiger partial charge on any atom is 0.255 e. The van der Waals surface area contributed by atoms with Crippen molar-refractivity contribution >= 4 is 44.3 Å². The molecule has 1 aromatic heterocycles. The molecule has 5 N–H and O–H groups in total. The van der Waals surface area contributed by atoms with E-state index in [0.29, 0.717) is 22.3 Å². The van der Waals surface area contributed by atoms with Gasteiger partial charge in [0.1, 0.15) is 0 Å². The van der Waals surface area contributed by atoms with Crippen molar-refractivity contribution in [3.8, 4) is 0 Å². The van der Waals surface area contributed by atoms with E-state index in [2.05, 4.69) is 15.6 Å². The summed E-state index contributed by atoms with van der Waals surface area (Å²) in [5, 5.41) is 14.5. The monoisotopic (exact) mass is 430 g/mol. The number of amides is 1. The molecule has 0 atom stereocenters. The van der Waals surface area contributed by atoms with Gasteiger partial charge in [-0.25, -0.2) is 8.42 Å². The van der Waals surface area contributed by atoms with Crippen LogP contribution in [-0.2, 0) is 10.0 Å². The molecule has 0 radical (unpaired) electrons. The van der Waals surface area contributed by atoms with Crippen molar-refractivity contribution in [1.29, 1.82) is 5.41 Å². The highest BCUT2D eigenvalue weighted by Gasteiger charge is 2.34. The van der Waals surface area contributed by atoms with Crippen molar-refractivity contribution in [3.05, 3.63) is 41.7 Å². The molecular weight excluding hydrogens is 404 g/mol. The Morgan fingerprint density at radius 1 is 1.37 bits per heavy atom. The number of nitrogens with one attached hydrogen (secondary N) is 3. The molecule has 10 heteroatoms. The van der Waals surface area contributed by atoms with Gasteiger partial charge >= 0.3 is 0 Å². The van der Waals surface area contributed by atoms with Crippen LogP contribution in [0, 0.1) is 5.41 Å². The Balaban J connectivity index is 1.97. The summed E-state index contributed by atoms with van der Waals surface area (Å²) < 4.78 is 24.4. The fourth-order valence-electron chi connectivity index (χ4n) is 3.28. The maximum absolute atomic E-state index is 13.0. The predicted octanol–water partition coefficient (Wildman–Crippen LogP) is 1.38. The second-order valence-corrected chi connectivity index (χ2v) is 9.58. The largest absolute Gasteiger partial charge is 0.404 e. The second-order valence-electron chi connectivity index (χ2n) is 7.59. The van der Waals surface area contributed by atoms with Gasteiger partial charge in [0.05, 0.1) is 29.1 Å². The number of hydrogen-bond donors (Lipinski definition) is 4. The molecule has 1 aliphatic heterocycles. The summed E-state index contributed by atoms with van der Waals surface area (Å²) in [6, 6.07) is 5.31. The molecule has 1 aliphatic rings. The van der Waals surface area contributed by atoms with E-state index in [0.717, 1.165) is 17.2 Å². The molecule has 160 valence electrons. The van der Waals surface area contributed by atoms with Crippen LogP contribution in [0.2, 0.25) is 0 Å². The van der Waals surface area contributed by atoms with Crippen molar-refractivity contribution in [1.82, 2.24) is 14.6 Å². The van der Waals surface area contributed by atoms with E-state index in [1.54, 1.807) is 0 Å². The predicted molar refractivity (Wildman–Crippen MR) is 119 cm³/mol. The van der Waals surface area contributed by atoms with E-state index in [-0.39, 0.29) is 31.1 Å². The Hall–Kier alpha value is -2.98. The summed E-state index contributed by atoms with van der Waals surface area (Å²) in [5.41, 5.74) is 8.63. The molecule has 2 aromatic rings. The molecule has 1 fully saturated rings. The quantitative estimate of drug-likeness (QED) is 0.489. The van der Waals surface area contributed by atoms with E-state index in [4.69, 9.17) is 11.1 Å². The van der Waals surface area contributed by atoms with Crippen LogP contribution in [0.4, 0.5) is 5.69 Å². The lowest BCUT2D eigenvalue weighted by atomic mass is 10.0. The Bertz CT molecular complexity index is 1120. The molecular formula is C20H26N6O3S. The number of pyridine rings is 1. The van der Waals surface area contributed by atoms with Crippen LogP contribution in [0.25, 0.3) is 16.5 Å². The van der Waals surface area contributed by atoms with Gasteiger partial charge in [-0.1, -0.05) is 6.07 Å². The van der Waals surface area contributed by atoms with E-state index in [9.17, 15) is 13.2 Å². The van der Waals surface area contributed by atoms with Crippen molar-refractivity contribution in [2.24, 2.45) is 5.73 Å². The number of anilines is 1. The number of rotatable bonds is 7. The first kappa shape index (κ1) is 21.7. The number of aromatic nitrogens is 1. The number of hydrogen-bond acceptors (Lipinski definition) is 7. The third kappa shape index (κ3) is 4.44. The highest BCUT2D eigenvalue weighted by atomic mass is 32.2. The van der Waals surface area contributed by atoms with Crippen LogP contribution in [0.3, 0.4) is 0 Å². The van der Waals surface area contributed by atoms with Gasteiger partial charge in [-0.15, -0.1) is 0 Å². The Morgan fingerprint density at radius 3 is 2.63 bits per heavy atom. The zero-order valence-corrected chi connectivity index (χ0v) is 18.0. The number of sulfonamides is 1.